The van der Waals surface area contributed by atoms with Gasteiger partial charge in [0.15, 0.2) is 11.1 Å². The number of methoxy groups -OCH3 is 1. The number of nitrogens with one attached hydrogen (secondary N) is 1. The molecule has 1 atom stereocenters. The third-order valence-corrected chi connectivity index (χ3v) is 2.90. The van der Waals surface area contributed by atoms with Crippen LogP contribution < -0.4 is 10.2 Å². The van der Waals surface area contributed by atoms with Crippen molar-refractivity contribution in [1.29, 1.82) is 0 Å². The number of hydrogen-bond acceptors (Lipinski definition) is 4. The predicted octanol–water partition coefficient (Wildman–Crippen LogP) is 2.50. The molecule has 0 amide bonds. The normalized spacial score (nSPS) is 12.1. The molecule has 0 aliphatic heterocycles. The van der Waals surface area contributed by atoms with Gasteiger partial charge in [-0.05, 0) is 30.7 Å². The SMILES string of the molecule is CCCCS(=O)ONc1ccc(OC)cc1. The van der Waals surface area contributed by atoms with E-state index in [0.717, 1.165) is 24.3 Å². The van der Waals surface area contributed by atoms with E-state index in [1.165, 1.54) is 0 Å². The van der Waals surface area contributed by atoms with Gasteiger partial charge in [-0.25, -0.2) is 4.21 Å². The Bertz CT molecular complexity index is 327. The fraction of sp³-hybridized carbons (Fsp3) is 0.455. The van der Waals surface area contributed by atoms with Crippen LogP contribution in [0.25, 0.3) is 0 Å². The smallest absolute Gasteiger partial charge is 0.179 e. The van der Waals surface area contributed by atoms with Crippen molar-refractivity contribution < 1.29 is 13.2 Å². The number of ether oxygens (including phenoxy) is 1. The number of anilines is 1. The highest BCUT2D eigenvalue weighted by Gasteiger charge is 2.00. The molecule has 1 aromatic rings. The van der Waals surface area contributed by atoms with Gasteiger partial charge in [-0.15, -0.1) is 0 Å². The number of unbranched alkanes of at least 4 members (excludes halogenated alkanes) is 1. The van der Waals surface area contributed by atoms with E-state index < -0.39 is 11.1 Å². The van der Waals surface area contributed by atoms with Crippen LogP contribution in [-0.4, -0.2) is 17.1 Å². The zero-order chi connectivity index (χ0) is 11.8. The van der Waals surface area contributed by atoms with E-state index in [2.05, 4.69) is 5.48 Å². The summed E-state index contributed by atoms with van der Waals surface area (Å²) in [7, 11) is 1.61. The van der Waals surface area contributed by atoms with Gasteiger partial charge in [-0.3, -0.25) is 5.48 Å². The van der Waals surface area contributed by atoms with Crippen molar-refractivity contribution in [3.8, 4) is 5.75 Å². The van der Waals surface area contributed by atoms with E-state index in [1.807, 2.05) is 6.92 Å². The zero-order valence-electron chi connectivity index (χ0n) is 9.56. The van der Waals surface area contributed by atoms with Gasteiger partial charge in [0.1, 0.15) is 5.75 Å². The number of hydrogen-bond donors (Lipinski definition) is 1. The molecule has 5 heteroatoms. The van der Waals surface area contributed by atoms with Crippen molar-refractivity contribution in [2.24, 2.45) is 0 Å². The van der Waals surface area contributed by atoms with Crippen LogP contribution >= 0.6 is 0 Å². The third kappa shape index (κ3) is 4.63. The van der Waals surface area contributed by atoms with Gasteiger partial charge in [0.2, 0.25) is 0 Å². The summed E-state index contributed by atoms with van der Waals surface area (Å²) in [6, 6.07) is 7.22. The maximum atomic E-state index is 11.3. The van der Waals surface area contributed by atoms with Crippen molar-refractivity contribution in [3.63, 3.8) is 0 Å². The first-order valence-electron chi connectivity index (χ1n) is 5.22. The Morgan fingerprint density at radius 1 is 1.31 bits per heavy atom. The van der Waals surface area contributed by atoms with Crippen LogP contribution in [0.1, 0.15) is 19.8 Å². The van der Waals surface area contributed by atoms with E-state index >= 15 is 0 Å². The van der Waals surface area contributed by atoms with Gasteiger partial charge >= 0.3 is 0 Å². The summed E-state index contributed by atoms with van der Waals surface area (Å²) in [5.74, 6) is 1.33. The minimum absolute atomic E-state index is 0.555. The molecule has 1 unspecified atom stereocenters. The molecule has 0 spiro atoms. The zero-order valence-corrected chi connectivity index (χ0v) is 10.4. The quantitative estimate of drug-likeness (QED) is 0.747. The van der Waals surface area contributed by atoms with Crippen molar-refractivity contribution in [2.75, 3.05) is 18.3 Å². The Hall–Kier alpha value is -1.07. The minimum Gasteiger partial charge on any atom is -0.497 e. The van der Waals surface area contributed by atoms with Crippen LogP contribution in [0.2, 0.25) is 0 Å². The van der Waals surface area contributed by atoms with Gasteiger partial charge in [0, 0.05) is 0 Å². The molecule has 0 aromatic heterocycles. The summed E-state index contributed by atoms with van der Waals surface area (Å²) in [5.41, 5.74) is 3.40. The molecule has 0 aliphatic carbocycles. The van der Waals surface area contributed by atoms with Crippen molar-refractivity contribution in [2.45, 2.75) is 19.8 Å². The first kappa shape index (κ1) is 13.0. The Labute approximate surface area is 98.6 Å². The highest BCUT2D eigenvalue weighted by Crippen LogP contribution is 2.15. The summed E-state index contributed by atoms with van der Waals surface area (Å²) >= 11 is -1.27. The predicted molar refractivity (Wildman–Crippen MR) is 65.6 cm³/mol. The minimum atomic E-state index is -1.27. The molecule has 16 heavy (non-hydrogen) atoms. The molecule has 1 rings (SSSR count). The van der Waals surface area contributed by atoms with Crippen LogP contribution in [0.4, 0.5) is 5.69 Å². The highest BCUT2D eigenvalue weighted by molar-refractivity contribution is 7.80. The maximum Gasteiger partial charge on any atom is 0.179 e. The Balaban J connectivity index is 2.33. The number of rotatable bonds is 7. The maximum absolute atomic E-state index is 11.3. The molecule has 0 radical (unpaired) electrons. The van der Waals surface area contributed by atoms with E-state index in [0.29, 0.717) is 5.75 Å². The Kier molecular flexibility index (Phi) is 5.88. The summed E-state index contributed by atoms with van der Waals surface area (Å²) in [6.45, 7) is 2.05. The molecule has 0 saturated carbocycles. The summed E-state index contributed by atoms with van der Waals surface area (Å²) < 4.78 is 21.3. The lowest BCUT2D eigenvalue weighted by Gasteiger charge is -2.06. The molecule has 90 valence electrons. The topological polar surface area (TPSA) is 47.6 Å². The third-order valence-electron chi connectivity index (χ3n) is 2.01. The second-order valence-corrected chi connectivity index (χ2v) is 4.46. The molecular formula is C11H17NO3S. The van der Waals surface area contributed by atoms with E-state index in [4.69, 9.17) is 9.02 Å². The second kappa shape index (κ2) is 7.24. The van der Waals surface area contributed by atoms with Gasteiger partial charge < -0.3 is 4.74 Å². The summed E-state index contributed by atoms with van der Waals surface area (Å²) in [6.07, 6.45) is 1.91. The summed E-state index contributed by atoms with van der Waals surface area (Å²) in [5, 5.41) is 0. The van der Waals surface area contributed by atoms with Gasteiger partial charge in [-0.2, -0.15) is 4.28 Å². The first-order chi connectivity index (χ1) is 7.76. The highest BCUT2D eigenvalue weighted by atomic mass is 32.2. The average molecular weight is 243 g/mol. The van der Waals surface area contributed by atoms with E-state index in [1.54, 1.807) is 31.4 Å². The molecule has 1 N–H and O–H groups in total. The summed E-state index contributed by atoms with van der Waals surface area (Å²) in [4.78, 5) is 0. The Morgan fingerprint density at radius 3 is 2.56 bits per heavy atom. The fourth-order valence-corrected chi connectivity index (χ4v) is 1.85. The van der Waals surface area contributed by atoms with Gasteiger partial charge in [-0.1, -0.05) is 13.3 Å². The molecule has 0 aliphatic rings. The molecule has 1 aromatic carbocycles. The van der Waals surface area contributed by atoms with E-state index in [9.17, 15) is 4.21 Å². The lowest BCUT2D eigenvalue weighted by molar-refractivity contribution is 0.414. The van der Waals surface area contributed by atoms with Crippen LogP contribution in [0.5, 0.6) is 5.75 Å². The first-order valence-corrected chi connectivity index (χ1v) is 6.46. The molecule has 0 bridgehead atoms. The lowest BCUT2D eigenvalue weighted by Crippen LogP contribution is -2.07. The largest absolute Gasteiger partial charge is 0.497 e. The van der Waals surface area contributed by atoms with Crippen LogP contribution in [0, 0.1) is 0 Å². The molecule has 0 saturated heterocycles. The molecule has 0 fully saturated rings. The Morgan fingerprint density at radius 2 is 2.00 bits per heavy atom. The van der Waals surface area contributed by atoms with Gasteiger partial charge in [0.25, 0.3) is 0 Å². The number of benzene rings is 1. The second-order valence-electron chi connectivity index (χ2n) is 3.28. The molecule has 4 nitrogen and oxygen atoms in total. The standard InChI is InChI=1S/C11H17NO3S/c1-3-4-9-16(13)15-12-10-5-7-11(14-2)8-6-10/h5-8,12H,3-4,9H2,1-2H3. The van der Waals surface area contributed by atoms with Gasteiger partial charge in [0.05, 0.1) is 18.6 Å². The van der Waals surface area contributed by atoms with Crippen LogP contribution in [0.15, 0.2) is 24.3 Å². The average Bonchev–Trinajstić information content (AvgIpc) is 2.34. The lowest BCUT2D eigenvalue weighted by atomic mass is 10.3. The molecule has 0 heterocycles. The van der Waals surface area contributed by atoms with Crippen LogP contribution in [0.3, 0.4) is 0 Å². The van der Waals surface area contributed by atoms with Crippen molar-refractivity contribution in [3.05, 3.63) is 24.3 Å². The monoisotopic (exact) mass is 243 g/mol. The molecular weight excluding hydrogens is 226 g/mol. The van der Waals surface area contributed by atoms with Crippen molar-refractivity contribution in [1.82, 2.24) is 0 Å². The van der Waals surface area contributed by atoms with Crippen molar-refractivity contribution >= 4 is 16.8 Å². The van der Waals surface area contributed by atoms with E-state index in [-0.39, 0.29) is 0 Å². The fourth-order valence-electron chi connectivity index (χ4n) is 1.06. The van der Waals surface area contributed by atoms with Crippen LogP contribution in [-0.2, 0) is 15.4 Å².